The molecule has 0 saturated carbocycles. The number of carbonyl (C=O) groups is 4. The SMILES string of the molecule is CCN1C(=O)C(=CC=Cc2c(C)c(C(N)=O)c(O)n(CC)c2=O)C(C)=C(OC(N)=O)C1=O. The highest BCUT2D eigenvalue weighted by molar-refractivity contribution is 6.16. The fourth-order valence-electron chi connectivity index (χ4n) is 3.37. The van der Waals surface area contributed by atoms with Gasteiger partial charge in [-0.05, 0) is 45.4 Å². The zero-order chi connectivity index (χ0) is 24.3. The number of aromatic nitrogens is 1. The van der Waals surface area contributed by atoms with Crippen LogP contribution in [0.5, 0.6) is 5.88 Å². The van der Waals surface area contributed by atoms with Crippen molar-refractivity contribution < 1.29 is 29.0 Å². The average molecular weight is 444 g/mol. The van der Waals surface area contributed by atoms with E-state index in [2.05, 4.69) is 0 Å². The van der Waals surface area contributed by atoms with Gasteiger partial charge in [-0.1, -0.05) is 6.08 Å². The summed E-state index contributed by atoms with van der Waals surface area (Å²) in [6.07, 6.45) is 2.86. The third-order valence-electron chi connectivity index (χ3n) is 5.00. The number of primary amides is 2. The second kappa shape index (κ2) is 9.33. The smallest absolute Gasteiger partial charge is 0.410 e. The number of aromatic hydroxyl groups is 1. The number of carbonyl (C=O) groups excluding carboxylic acids is 4. The fourth-order valence-corrected chi connectivity index (χ4v) is 3.37. The minimum absolute atomic E-state index is 0.0257. The monoisotopic (exact) mass is 444 g/mol. The normalized spacial score (nSPS) is 15.8. The van der Waals surface area contributed by atoms with Gasteiger partial charge in [-0.15, -0.1) is 0 Å². The molecule has 0 spiro atoms. The number of ether oxygens (including phenoxy) is 1. The maximum Gasteiger partial charge on any atom is 0.410 e. The molecular weight excluding hydrogens is 420 g/mol. The Balaban J connectivity index is 2.66. The van der Waals surface area contributed by atoms with Gasteiger partial charge in [-0.2, -0.15) is 0 Å². The molecule has 0 fully saturated rings. The van der Waals surface area contributed by atoms with Gasteiger partial charge in [-0.25, -0.2) is 4.79 Å². The summed E-state index contributed by atoms with van der Waals surface area (Å²) in [7, 11) is 0. The number of rotatable bonds is 6. The van der Waals surface area contributed by atoms with Gasteiger partial charge in [0.05, 0.1) is 0 Å². The van der Waals surface area contributed by atoms with Crippen molar-refractivity contribution in [2.45, 2.75) is 34.2 Å². The molecule has 1 aromatic heterocycles. The molecule has 0 atom stereocenters. The van der Waals surface area contributed by atoms with E-state index >= 15 is 0 Å². The van der Waals surface area contributed by atoms with Crippen LogP contribution >= 0.6 is 0 Å². The summed E-state index contributed by atoms with van der Waals surface area (Å²) in [6.45, 7) is 6.18. The summed E-state index contributed by atoms with van der Waals surface area (Å²) >= 11 is 0. The molecule has 0 unspecified atom stereocenters. The Morgan fingerprint density at radius 1 is 1.06 bits per heavy atom. The van der Waals surface area contributed by atoms with Crippen molar-refractivity contribution in [3.05, 3.63) is 56.1 Å². The molecule has 1 aromatic rings. The van der Waals surface area contributed by atoms with Crippen LogP contribution in [0.2, 0.25) is 0 Å². The Kier molecular flexibility index (Phi) is 7.03. The highest BCUT2D eigenvalue weighted by atomic mass is 16.6. The molecule has 1 aliphatic rings. The molecule has 2 heterocycles. The van der Waals surface area contributed by atoms with Crippen molar-refractivity contribution in [3.8, 4) is 5.88 Å². The maximum atomic E-state index is 12.7. The second-order valence-electron chi connectivity index (χ2n) is 6.82. The summed E-state index contributed by atoms with van der Waals surface area (Å²) in [5, 5.41) is 10.2. The number of allylic oxidation sites excluding steroid dienone is 2. The van der Waals surface area contributed by atoms with Gasteiger partial charge in [0.1, 0.15) is 5.56 Å². The summed E-state index contributed by atoms with van der Waals surface area (Å²) in [5.41, 5.74) is 10.0. The molecule has 0 radical (unpaired) electrons. The number of hydrogen-bond donors (Lipinski definition) is 3. The van der Waals surface area contributed by atoms with Crippen molar-refractivity contribution >= 4 is 29.9 Å². The topological polar surface area (TPSA) is 175 Å². The fraction of sp³-hybridized carbons (Fsp3) is 0.286. The van der Waals surface area contributed by atoms with Crippen LogP contribution in [0, 0.1) is 6.92 Å². The first-order chi connectivity index (χ1) is 15.0. The Morgan fingerprint density at radius 2 is 1.69 bits per heavy atom. The predicted octanol–water partition coefficient (Wildman–Crippen LogP) is 0.679. The molecule has 4 amide bonds. The van der Waals surface area contributed by atoms with Crippen LogP contribution in [-0.4, -0.2) is 44.9 Å². The minimum atomic E-state index is -1.20. The third kappa shape index (κ3) is 4.17. The first kappa shape index (κ1) is 24.1. The van der Waals surface area contributed by atoms with Crippen LogP contribution in [0.15, 0.2) is 33.9 Å². The molecule has 0 aliphatic carbocycles. The molecule has 11 heteroatoms. The van der Waals surface area contributed by atoms with Crippen LogP contribution < -0.4 is 17.0 Å². The van der Waals surface area contributed by atoms with Crippen molar-refractivity contribution in [1.29, 1.82) is 0 Å². The van der Waals surface area contributed by atoms with Gasteiger partial charge in [0.15, 0.2) is 0 Å². The summed E-state index contributed by atoms with van der Waals surface area (Å²) < 4.78 is 5.79. The molecule has 0 bridgehead atoms. The van der Waals surface area contributed by atoms with Crippen LogP contribution in [0.4, 0.5) is 4.79 Å². The number of hydrogen-bond acceptors (Lipinski definition) is 7. The summed E-state index contributed by atoms with van der Waals surface area (Å²) in [6, 6.07) is 0. The standard InChI is InChI=1S/C21H24N4O7/c1-5-24-17(27)12(10(3)14(16(22)26)19(24)29)8-7-9-13-11(4)15(32-21(23)31)20(30)25(6-2)18(13)28/h7-9,29H,5-6H2,1-4H3,(H2,22,26)(H2,23,31). The Hall–Kier alpha value is -4.15. The quantitative estimate of drug-likeness (QED) is 0.427. The van der Waals surface area contributed by atoms with Gasteiger partial charge < -0.3 is 21.3 Å². The van der Waals surface area contributed by atoms with Gasteiger partial charge in [0.25, 0.3) is 23.3 Å². The van der Waals surface area contributed by atoms with Crippen LogP contribution in [0.1, 0.15) is 42.3 Å². The molecule has 0 aromatic carbocycles. The van der Waals surface area contributed by atoms with Gasteiger partial charge in [0.2, 0.25) is 11.6 Å². The van der Waals surface area contributed by atoms with E-state index in [1.165, 1.54) is 32.1 Å². The predicted molar refractivity (Wildman–Crippen MR) is 114 cm³/mol. The molecule has 0 saturated heterocycles. The van der Waals surface area contributed by atoms with E-state index in [1.54, 1.807) is 13.8 Å². The number of pyridine rings is 1. The first-order valence-electron chi connectivity index (χ1n) is 9.66. The Bertz CT molecular complexity index is 1170. The lowest BCUT2D eigenvalue weighted by atomic mass is 9.98. The lowest BCUT2D eigenvalue weighted by Gasteiger charge is -2.27. The van der Waals surface area contributed by atoms with Crippen LogP contribution in [-0.2, 0) is 20.9 Å². The summed E-state index contributed by atoms with van der Waals surface area (Å²) in [5.74, 6) is -3.21. The molecule has 5 N–H and O–H groups in total. The van der Waals surface area contributed by atoms with E-state index in [4.69, 9.17) is 16.2 Å². The average Bonchev–Trinajstić information content (AvgIpc) is 2.70. The van der Waals surface area contributed by atoms with Crippen molar-refractivity contribution in [2.24, 2.45) is 11.5 Å². The van der Waals surface area contributed by atoms with Crippen LogP contribution in [0.25, 0.3) is 6.08 Å². The minimum Gasteiger partial charge on any atom is -0.494 e. The number of nitrogens with zero attached hydrogens (tertiary/aromatic N) is 2. The second-order valence-corrected chi connectivity index (χ2v) is 6.82. The number of amides is 4. The van der Waals surface area contributed by atoms with E-state index in [-0.39, 0.29) is 46.7 Å². The zero-order valence-corrected chi connectivity index (χ0v) is 18.1. The third-order valence-corrected chi connectivity index (χ3v) is 5.00. The lowest BCUT2D eigenvalue weighted by molar-refractivity contribution is -0.142. The first-order valence-corrected chi connectivity index (χ1v) is 9.66. The van der Waals surface area contributed by atoms with E-state index in [1.807, 2.05) is 0 Å². The van der Waals surface area contributed by atoms with Gasteiger partial charge in [0, 0.05) is 29.8 Å². The summed E-state index contributed by atoms with van der Waals surface area (Å²) in [4.78, 5) is 61.7. The zero-order valence-electron chi connectivity index (χ0n) is 18.1. The van der Waals surface area contributed by atoms with Gasteiger partial charge in [-0.3, -0.25) is 28.6 Å². The number of imide groups is 1. The lowest BCUT2D eigenvalue weighted by Crippen LogP contribution is -2.43. The van der Waals surface area contributed by atoms with Crippen molar-refractivity contribution in [3.63, 3.8) is 0 Å². The van der Waals surface area contributed by atoms with E-state index in [0.29, 0.717) is 0 Å². The largest absolute Gasteiger partial charge is 0.494 e. The highest BCUT2D eigenvalue weighted by Crippen LogP contribution is 2.27. The van der Waals surface area contributed by atoms with Crippen LogP contribution in [0.3, 0.4) is 0 Å². The van der Waals surface area contributed by atoms with E-state index in [0.717, 1.165) is 9.47 Å². The van der Waals surface area contributed by atoms with E-state index in [9.17, 15) is 29.1 Å². The van der Waals surface area contributed by atoms with E-state index < -0.39 is 35.3 Å². The maximum absolute atomic E-state index is 12.7. The molecule has 1 aliphatic heterocycles. The highest BCUT2D eigenvalue weighted by Gasteiger charge is 2.36. The molecule has 2 rings (SSSR count). The molecule has 11 nitrogen and oxygen atoms in total. The molecule has 32 heavy (non-hydrogen) atoms. The van der Waals surface area contributed by atoms with Crippen molar-refractivity contribution in [1.82, 2.24) is 9.47 Å². The number of likely N-dealkylation sites (N-methyl/N-ethyl adjacent to an activating group) is 1. The van der Waals surface area contributed by atoms with Crippen molar-refractivity contribution in [2.75, 3.05) is 6.54 Å². The number of nitrogens with two attached hydrogens (primary N) is 2. The Morgan fingerprint density at radius 3 is 2.19 bits per heavy atom. The van der Waals surface area contributed by atoms with Gasteiger partial charge >= 0.3 is 6.09 Å². The Labute approximate surface area is 183 Å². The molecule has 170 valence electrons. The molecular formula is C21H24N4O7.